The highest BCUT2D eigenvalue weighted by molar-refractivity contribution is 6.22. The fourth-order valence-corrected chi connectivity index (χ4v) is 4.43. The topological polar surface area (TPSA) is 118 Å². The lowest BCUT2D eigenvalue weighted by Gasteiger charge is -2.29. The Bertz CT molecular complexity index is 682. The number of fused-ring (bicyclic) bond motifs is 5. The number of carbonyl (C=O) groups is 3. The second-order valence-corrected chi connectivity index (χ2v) is 6.44. The Labute approximate surface area is 131 Å². The molecule has 1 aliphatic heterocycles. The molecular formula is C16H14NO6-. The second kappa shape index (κ2) is 4.62. The van der Waals surface area contributed by atoms with Crippen LogP contribution in [0.5, 0.6) is 0 Å². The molecule has 1 saturated heterocycles. The summed E-state index contributed by atoms with van der Waals surface area (Å²) in [6, 6.07) is 5.32. The minimum atomic E-state index is -1.34. The first kappa shape index (κ1) is 14.3. The van der Waals surface area contributed by atoms with Crippen molar-refractivity contribution >= 4 is 23.5 Å². The summed E-state index contributed by atoms with van der Waals surface area (Å²) < 4.78 is 0. The average Bonchev–Trinajstić information content (AvgIpc) is 3.12. The molecule has 2 aliphatic carbocycles. The van der Waals surface area contributed by atoms with E-state index in [4.69, 9.17) is 0 Å². The van der Waals surface area contributed by atoms with Gasteiger partial charge in [-0.15, -0.1) is 0 Å². The van der Waals surface area contributed by atoms with Gasteiger partial charge < -0.3 is 20.1 Å². The Kier molecular flexibility index (Phi) is 2.88. The molecule has 1 aromatic carbocycles. The number of carboxylic acids is 1. The van der Waals surface area contributed by atoms with Crippen molar-refractivity contribution in [2.75, 3.05) is 4.90 Å². The van der Waals surface area contributed by atoms with Crippen LogP contribution in [0.25, 0.3) is 0 Å². The van der Waals surface area contributed by atoms with Gasteiger partial charge in [0.1, 0.15) is 0 Å². The minimum absolute atomic E-state index is 0.0426. The lowest BCUT2D eigenvalue weighted by Crippen LogP contribution is -2.43. The normalized spacial score (nSPS) is 38.3. The van der Waals surface area contributed by atoms with E-state index in [1.165, 1.54) is 24.3 Å². The molecule has 0 radical (unpaired) electrons. The van der Waals surface area contributed by atoms with Crippen LogP contribution < -0.4 is 10.0 Å². The Morgan fingerprint density at radius 3 is 1.91 bits per heavy atom. The van der Waals surface area contributed by atoms with Crippen molar-refractivity contribution in [3.8, 4) is 0 Å². The number of rotatable bonds is 2. The van der Waals surface area contributed by atoms with Crippen LogP contribution in [0.1, 0.15) is 16.8 Å². The molecule has 4 rings (SSSR count). The van der Waals surface area contributed by atoms with E-state index in [1.54, 1.807) is 0 Å². The Morgan fingerprint density at radius 2 is 1.48 bits per heavy atom. The van der Waals surface area contributed by atoms with Gasteiger partial charge >= 0.3 is 0 Å². The average molecular weight is 316 g/mol. The maximum absolute atomic E-state index is 12.6. The number of aliphatic hydroxyl groups excluding tert-OH is 2. The molecule has 120 valence electrons. The molecule has 0 spiro atoms. The van der Waals surface area contributed by atoms with E-state index < -0.39 is 41.8 Å². The van der Waals surface area contributed by atoms with Crippen LogP contribution in [0.3, 0.4) is 0 Å². The third kappa shape index (κ3) is 1.74. The third-order valence-electron chi connectivity index (χ3n) is 5.45. The summed E-state index contributed by atoms with van der Waals surface area (Å²) in [5.41, 5.74) is 0.252. The lowest BCUT2D eigenvalue weighted by atomic mass is 9.78. The number of aliphatic hydroxyl groups is 2. The third-order valence-corrected chi connectivity index (χ3v) is 5.45. The predicted octanol–water partition coefficient (Wildman–Crippen LogP) is -1.47. The zero-order valence-electron chi connectivity index (χ0n) is 12.0. The first-order valence-corrected chi connectivity index (χ1v) is 7.47. The number of aromatic carboxylic acids is 1. The highest BCUT2D eigenvalue weighted by Gasteiger charge is 2.67. The monoisotopic (exact) mass is 316 g/mol. The number of benzene rings is 1. The fraction of sp³-hybridized carbons (Fsp3) is 0.438. The molecule has 1 aromatic rings. The van der Waals surface area contributed by atoms with Crippen LogP contribution in [0.2, 0.25) is 0 Å². The van der Waals surface area contributed by atoms with E-state index >= 15 is 0 Å². The molecule has 2 bridgehead atoms. The van der Waals surface area contributed by atoms with Crippen molar-refractivity contribution in [1.29, 1.82) is 0 Å². The largest absolute Gasteiger partial charge is 0.545 e. The highest BCUT2D eigenvalue weighted by Crippen LogP contribution is 2.56. The van der Waals surface area contributed by atoms with E-state index in [-0.39, 0.29) is 17.4 Å². The number of hydrogen-bond acceptors (Lipinski definition) is 6. The van der Waals surface area contributed by atoms with Crippen molar-refractivity contribution in [3.05, 3.63) is 29.8 Å². The number of carboxylic acid groups (broad SMARTS) is 1. The Balaban J connectivity index is 1.68. The molecule has 0 unspecified atom stereocenters. The van der Waals surface area contributed by atoms with Gasteiger partial charge in [-0.1, -0.05) is 12.1 Å². The van der Waals surface area contributed by atoms with E-state index in [9.17, 15) is 29.7 Å². The molecule has 2 amide bonds. The van der Waals surface area contributed by atoms with Gasteiger partial charge in [-0.25, -0.2) is 0 Å². The molecule has 3 aliphatic rings. The first-order valence-electron chi connectivity index (χ1n) is 7.47. The van der Waals surface area contributed by atoms with Gasteiger partial charge in [0, 0.05) is 11.8 Å². The van der Waals surface area contributed by atoms with E-state index in [2.05, 4.69) is 0 Å². The summed E-state index contributed by atoms with van der Waals surface area (Å²) >= 11 is 0. The molecule has 7 nitrogen and oxygen atoms in total. The summed E-state index contributed by atoms with van der Waals surface area (Å²) in [5, 5.41) is 30.8. The van der Waals surface area contributed by atoms with Crippen molar-refractivity contribution in [2.45, 2.75) is 18.6 Å². The number of imide groups is 1. The van der Waals surface area contributed by atoms with Gasteiger partial charge in [-0.2, -0.15) is 0 Å². The molecular weight excluding hydrogens is 302 g/mol. The molecule has 6 atom stereocenters. The van der Waals surface area contributed by atoms with Crippen LogP contribution in [-0.2, 0) is 9.59 Å². The number of hydrogen-bond donors (Lipinski definition) is 2. The van der Waals surface area contributed by atoms with Gasteiger partial charge in [-0.3, -0.25) is 14.5 Å². The van der Waals surface area contributed by atoms with Crippen LogP contribution in [-0.4, -0.2) is 40.2 Å². The van der Waals surface area contributed by atoms with Gasteiger partial charge in [-0.05, 0) is 24.1 Å². The summed E-state index contributed by atoms with van der Waals surface area (Å²) in [4.78, 5) is 37.1. The van der Waals surface area contributed by atoms with Gasteiger partial charge in [0.05, 0.1) is 35.7 Å². The summed E-state index contributed by atoms with van der Waals surface area (Å²) in [5.74, 6) is -4.12. The van der Waals surface area contributed by atoms with Gasteiger partial charge in [0.15, 0.2) is 0 Å². The smallest absolute Gasteiger partial charge is 0.238 e. The van der Waals surface area contributed by atoms with E-state index in [0.29, 0.717) is 12.1 Å². The Morgan fingerprint density at radius 1 is 1.00 bits per heavy atom. The minimum Gasteiger partial charge on any atom is -0.545 e. The van der Waals surface area contributed by atoms with E-state index in [1.807, 2.05) is 0 Å². The van der Waals surface area contributed by atoms with Crippen LogP contribution in [0.4, 0.5) is 5.69 Å². The zero-order chi connectivity index (χ0) is 16.5. The van der Waals surface area contributed by atoms with Crippen LogP contribution in [0.15, 0.2) is 24.3 Å². The summed E-state index contributed by atoms with van der Waals surface area (Å²) in [6.45, 7) is 0. The summed E-state index contributed by atoms with van der Waals surface area (Å²) in [7, 11) is 0. The quantitative estimate of drug-likeness (QED) is 0.643. The molecule has 3 fully saturated rings. The maximum atomic E-state index is 12.6. The molecule has 2 N–H and O–H groups in total. The number of anilines is 1. The maximum Gasteiger partial charge on any atom is 0.238 e. The van der Waals surface area contributed by atoms with Crippen LogP contribution >= 0.6 is 0 Å². The van der Waals surface area contributed by atoms with Crippen LogP contribution in [0, 0.1) is 23.7 Å². The van der Waals surface area contributed by atoms with E-state index in [0.717, 1.165) is 4.90 Å². The second-order valence-electron chi connectivity index (χ2n) is 6.44. The van der Waals surface area contributed by atoms with Gasteiger partial charge in [0.2, 0.25) is 11.8 Å². The number of carbonyl (C=O) groups excluding carboxylic acids is 3. The van der Waals surface area contributed by atoms with Gasteiger partial charge in [0.25, 0.3) is 0 Å². The van der Waals surface area contributed by atoms with Crippen molar-refractivity contribution in [3.63, 3.8) is 0 Å². The van der Waals surface area contributed by atoms with Crippen molar-refractivity contribution in [2.24, 2.45) is 23.7 Å². The SMILES string of the molecule is O=C([O-])c1ccc(N2C(=O)[C@@H]3[C@H]4C[C@H]([C@H](O)[C@@H]4O)[C@@H]3C2=O)cc1. The molecule has 0 aromatic heterocycles. The lowest BCUT2D eigenvalue weighted by molar-refractivity contribution is -0.255. The standard InChI is InChI=1S/C16H15NO6/c18-12-8-5-9(13(12)19)11-10(8)14(20)17(15(11)21)7-3-1-6(2-4-7)16(22)23/h1-4,8-13,18-19H,5H2,(H,22,23)/p-1/t8-,9+,10-,11+,12-,13+. The highest BCUT2D eigenvalue weighted by atomic mass is 16.4. The van der Waals surface area contributed by atoms with Crippen molar-refractivity contribution < 1.29 is 29.7 Å². The molecule has 2 saturated carbocycles. The predicted molar refractivity (Wildman–Crippen MR) is 73.9 cm³/mol. The molecule has 7 heteroatoms. The Hall–Kier alpha value is -2.25. The fourth-order valence-electron chi connectivity index (χ4n) is 4.43. The zero-order valence-corrected chi connectivity index (χ0v) is 12.0. The number of amides is 2. The first-order chi connectivity index (χ1) is 10.9. The van der Waals surface area contributed by atoms with Crippen molar-refractivity contribution in [1.82, 2.24) is 0 Å². The molecule has 23 heavy (non-hydrogen) atoms. The molecule has 1 heterocycles. The summed E-state index contributed by atoms with van der Waals surface area (Å²) in [6.07, 6.45) is -1.47. The number of nitrogens with zero attached hydrogens (tertiary/aromatic N) is 1.